The lowest BCUT2D eigenvalue weighted by Gasteiger charge is -2.10. The third-order valence-electron chi connectivity index (χ3n) is 4.32. The smallest absolute Gasteiger partial charge is 0.306 e. The maximum atomic E-state index is 12.4. The standard InChI is InChI=1S/C20H19ClN4O/c21-17-8-4-5-9-18(17)22-20(26)23-19-13-15(12-14-10-11-14)24-25(19)16-6-2-1-3-7-16/h1-9,13-14H,10-12H2,(H2,22,23,26). The molecule has 0 bridgehead atoms. The van der Waals surface area contributed by atoms with Gasteiger partial charge in [0.2, 0.25) is 0 Å². The number of urea groups is 1. The second-order valence-corrected chi connectivity index (χ2v) is 6.88. The van der Waals surface area contributed by atoms with Gasteiger partial charge in [-0.1, -0.05) is 41.9 Å². The molecule has 1 aliphatic rings. The molecule has 2 N–H and O–H groups in total. The summed E-state index contributed by atoms with van der Waals surface area (Å²) in [4.78, 5) is 12.4. The van der Waals surface area contributed by atoms with Crippen LogP contribution in [-0.4, -0.2) is 15.8 Å². The highest BCUT2D eigenvalue weighted by atomic mass is 35.5. The molecule has 0 atom stereocenters. The Hall–Kier alpha value is -2.79. The lowest BCUT2D eigenvalue weighted by Crippen LogP contribution is -2.21. The highest BCUT2D eigenvalue weighted by Crippen LogP contribution is 2.33. The number of para-hydroxylation sites is 2. The van der Waals surface area contributed by atoms with E-state index in [-0.39, 0.29) is 6.03 Å². The number of halogens is 1. The Balaban J connectivity index is 1.57. The van der Waals surface area contributed by atoms with Crippen molar-refractivity contribution >= 4 is 29.1 Å². The molecule has 0 aliphatic heterocycles. The number of amides is 2. The fourth-order valence-electron chi connectivity index (χ4n) is 2.84. The number of hydrogen-bond acceptors (Lipinski definition) is 2. The van der Waals surface area contributed by atoms with Crippen molar-refractivity contribution in [1.29, 1.82) is 0 Å². The normalized spacial score (nSPS) is 13.4. The van der Waals surface area contributed by atoms with Crippen molar-refractivity contribution in [2.24, 2.45) is 5.92 Å². The Labute approximate surface area is 157 Å². The number of carbonyl (C=O) groups excluding carboxylic acids is 1. The minimum absolute atomic E-state index is 0.354. The fourth-order valence-corrected chi connectivity index (χ4v) is 3.02. The minimum atomic E-state index is -0.354. The number of rotatable bonds is 5. The van der Waals surface area contributed by atoms with Crippen molar-refractivity contribution in [1.82, 2.24) is 9.78 Å². The summed E-state index contributed by atoms with van der Waals surface area (Å²) in [6.45, 7) is 0. The number of hydrogen-bond donors (Lipinski definition) is 2. The van der Waals surface area contributed by atoms with Crippen LogP contribution >= 0.6 is 11.6 Å². The van der Waals surface area contributed by atoms with Crippen LogP contribution in [0.3, 0.4) is 0 Å². The first-order valence-electron chi connectivity index (χ1n) is 8.66. The maximum absolute atomic E-state index is 12.4. The zero-order valence-corrected chi connectivity index (χ0v) is 14.9. The predicted octanol–water partition coefficient (Wildman–Crippen LogP) is 5.12. The van der Waals surface area contributed by atoms with Gasteiger partial charge in [0.15, 0.2) is 0 Å². The average molecular weight is 367 g/mol. The summed E-state index contributed by atoms with van der Waals surface area (Å²) in [7, 11) is 0. The number of nitrogens with one attached hydrogen (secondary N) is 2. The molecule has 0 unspecified atom stereocenters. The topological polar surface area (TPSA) is 59.0 Å². The van der Waals surface area contributed by atoms with Crippen LogP contribution in [0, 0.1) is 5.92 Å². The molecule has 1 fully saturated rings. The van der Waals surface area contributed by atoms with E-state index in [9.17, 15) is 4.79 Å². The van der Waals surface area contributed by atoms with Crippen LogP contribution in [0.1, 0.15) is 18.5 Å². The zero-order chi connectivity index (χ0) is 17.9. The highest BCUT2D eigenvalue weighted by Gasteiger charge is 2.24. The zero-order valence-electron chi connectivity index (χ0n) is 14.2. The van der Waals surface area contributed by atoms with Crippen LogP contribution < -0.4 is 10.6 Å². The van der Waals surface area contributed by atoms with Gasteiger partial charge >= 0.3 is 6.03 Å². The summed E-state index contributed by atoms with van der Waals surface area (Å²) in [5.74, 6) is 1.36. The van der Waals surface area contributed by atoms with E-state index in [1.165, 1.54) is 12.8 Å². The summed E-state index contributed by atoms with van der Waals surface area (Å²) < 4.78 is 1.77. The summed E-state index contributed by atoms with van der Waals surface area (Å²) in [5, 5.41) is 10.8. The molecule has 5 nitrogen and oxygen atoms in total. The molecule has 1 heterocycles. The van der Waals surface area contributed by atoms with Crippen LogP contribution in [0.4, 0.5) is 16.3 Å². The Bertz CT molecular complexity index is 919. The Morgan fingerprint density at radius 2 is 1.81 bits per heavy atom. The molecule has 0 saturated heterocycles. The van der Waals surface area contributed by atoms with Gasteiger partial charge in [-0.15, -0.1) is 0 Å². The third-order valence-corrected chi connectivity index (χ3v) is 4.65. The molecular weight excluding hydrogens is 348 g/mol. The number of carbonyl (C=O) groups is 1. The molecule has 6 heteroatoms. The van der Waals surface area contributed by atoms with Crippen molar-refractivity contribution in [3.8, 4) is 5.69 Å². The summed E-state index contributed by atoms with van der Waals surface area (Å²) >= 11 is 6.11. The Kier molecular flexibility index (Phi) is 4.63. The van der Waals surface area contributed by atoms with E-state index in [0.717, 1.165) is 23.7 Å². The highest BCUT2D eigenvalue weighted by molar-refractivity contribution is 6.33. The lowest BCUT2D eigenvalue weighted by molar-refractivity contribution is 0.262. The summed E-state index contributed by atoms with van der Waals surface area (Å²) in [5.41, 5.74) is 2.46. The van der Waals surface area contributed by atoms with Gasteiger partial charge in [0.25, 0.3) is 0 Å². The lowest BCUT2D eigenvalue weighted by atomic mass is 10.2. The quantitative estimate of drug-likeness (QED) is 0.658. The first-order valence-corrected chi connectivity index (χ1v) is 9.04. The molecule has 1 aliphatic carbocycles. The van der Waals surface area contributed by atoms with Crippen LogP contribution in [0.25, 0.3) is 5.69 Å². The van der Waals surface area contributed by atoms with Crippen LogP contribution in [-0.2, 0) is 6.42 Å². The first-order chi connectivity index (χ1) is 12.7. The van der Waals surface area contributed by atoms with E-state index >= 15 is 0 Å². The molecule has 4 rings (SSSR count). The Morgan fingerprint density at radius 1 is 1.08 bits per heavy atom. The van der Waals surface area contributed by atoms with Crippen molar-refractivity contribution in [3.05, 3.63) is 71.4 Å². The molecule has 2 aromatic carbocycles. The number of benzene rings is 2. The minimum Gasteiger partial charge on any atom is -0.306 e. The molecule has 1 aromatic heterocycles. The van der Waals surface area contributed by atoms with E-state index in [0.29, 0.717) is 16.5 Å². The largest absolute Gasteiger partial charge is 0.324 e. The van der Waals surface area contributed by atoms with E-state index in [2.05, 4.69) is 15.7 Å². The second-order valence-electron chi connectivity index (χ2n) is 6.47. The van der Waals surface area contributed by atoms with E-state index in [1.54, 1.807) is 16.8 Å². The number of anilines is 2. The summed E-state index contributed by atoms with van der Waals surface area (Å²) in [6.07, 6.45) is 3.46. The summed E-state index contributed by atoms with van der Waals surface area (Å²) in [6, 6.07) is 18.5. The van der Waals surface area contributed by atoms with Crippen LogP contribution in [0.5, 0.6) is 0 Å². The monoisotopic (exact) mass is 366 g/mol. The molecular formula is C20H19ClN4O. The van der Waals surface area contributed by atoms with Crippen LogP contribution in [0.2, 0.25) is 5.02 Å². The molecule has 132 valence electrons. The molecule has 0 spiro atoms. The van der Waals surface area contributed by atoms with E-state index in [1.807, 2.05) is 48.5 Å². The van der Waals surface area contributed by atoms with E-state index < -0.39 is 0 Å². The van der Waals surface area contributed by atoms with Crippen LogP contribution in [0.15, 0.2) is 60.7 Å². The number of nitrogens with zero attached hydrogens (tertiary/aromatic N) is 2. The fraction of sp³-hybridized carbons (Fsp3) is 0.200. The van der Waals surface area contributed by atoms with Crippen molar-refractivity contribution < 1.29 is 4.79 Å². The molecule has 3 aromatic rings. The van der Waals surface area contributed by atoms with E-state index in [4.69, 9.17) is 11.6 Å². The van der Waals surface area contributed by atoms with Gasteiger partial charge in [0.1, 0.15) is 5.82 Å². The van der Waals surface area contributed by atoms with Gasteiger partial charge in [-0.2, -0.15) is 5.10 Å². The second kappa shape index (κ2) is 7.22. The van der Waals surface area contributed by atoms with Gasteiger partial charge in [0, 0.05) is 6.07 Å². The van der Waals surface area contributed by atoms with Crippen molar-refractivity contribution in [2.75, 3.05) is 10.6 Å². The van der Waals surface area contributed by atoms with Gasteiger partial charge < -0.3 is 5.32 Å². The molecule has 0 radical (unpaired) electrons. The van der Waals surface area contributed by atoms with Gasteiger partial charge in [-0.3, -0.25) is 5.32 Å². The van der Waals surface area contributed by atoms with Crippen molar-refractivity contribution in [3.63, 3.8) is 0 Å². The predicted molar refractivity (Wildman–Crippen MR) is 104 cm³/mol. The molecule has 2 amide bonds. The number of aromatic nitrogens is 2. The average Bonchev–Trinajstić information content (AvgIpc) is 3.37. The SMILES string of the molecule is O=C(Nc1ccccc1Cl)Nc1cc(CC2CC2)nn1-c1ccccc1. The van der Waals surface area contributed by atoms with Gasteiger partial charge in [-0.05, 0) is 49.4 Å². The molecule has 26 heavy (non-hydrogen) atoms. The van der Waals surface area contributed by atoms with Crippen molar-refractivity contribution in [2.45, 2.75) is 19.3 Å². The third kappa shape index (κ3) is 3.89. The van der Waals surface area contributed by atoms with Gasteiger partial charge in [-0.25, -0.2) is 9.48 Å². The molecule has 1 saturated carbocycles. The maximum Gasteiger partial charge on any atom is 0.324 e. The Morgan fingerprint density at radius 3 is 2.54 bits per heavy atom. The van der Waals surface area contributed by atoms with Gasteiger partial charge in [0.05, 0.1) is 22.1 Å². The first kappa shape index (κ1) is 16.7.